The smallest absolute Gasteiger partial charge is 0.225 e. The van der Waals surface area contributed by atoms with Crippen molar-refractivity contribution in [2.75, 3.05) is 13.1 Å². The topological polar surface area (TPSA) is 46.3 Å². The van der Waals surface area contributed by atoms with Gasteiger partial charge in [-0.2, -0.15) is 0 Å². The van der Waals surface area contributed by atoms with Crippen molar-refractivity contribution in [3.05, 3.63) is 0 Å². The first-order valence-electron chi connectivity index (χ1n) is 6.47. The van der Waals surface area contributed by atoms with E-state index in [-0.39, 0.29) is 5.92 Å². The van der Waals surface area contributed by atoms with Crippen LogP contribution in [0.15, 0.2) is 0 Å². The summed E-state index contributed by atoms with van der Waals surface area (Å²) >= 11 is 0. The highest BCUT2D eigenvalue weighted by molar-refractivity contribution is 5.79. The van der Waals surface area contributed by atoms with Crippen LogP contribution < -0.4 is 5.73 Å². The highest BCUT2D eigenvalue weighted by Crippen LogP contribution is 2.24. The molecule has 0 bridgehead atoms. The van der Waals surface area contributed by atoms with Gasteiger partial charge in [0.15, 0.2) is 0 Å². The van der Waals surface area contributed by atoms with E-state index in [1.165, 1.54) is 0 Å². The van der Waals surface area contributed by atoms with Gasteiger partial charge in [-0.25, -0.2) is 0 Å². The zero-order valence-corrected chi connectivity index (χ0v) is 11.1. The van der Waals surface area contributed by atoms with Crippen LogP contribution in [-0.2, 0) is 4.79 Å². The van der Waals surface area contributed by atoms with Gasteiger partial charge in [0.05, 0.1) is 0 Å². The first kappa shape index (κ1) is 13.5. The summed E-state index contributed by atoms with van der Waals surface area (Å²) in [6, 6.07) is 0.386. The monoisotopic (exact) mass is 226 g/mol. The van der Waals surface area contributed by atoms with Crippen LogP contribution in [0, 0.1) is 17.8 Å². The van der Waals surface area contributed by atoms with Crippen molar-refractivity contribution >= 4 is 5.91 Å². The number of hydrogen-bond donors (Lipinski definition) is 1. The lowest BCUT2D eigenvalue weighted by Crippen LogP contribution is -2.49. The maximum absolute atomic E-state index is 12.3. The number of amides is 1. The molecule has 3 heteroatoms. The standard InChI is InChI=1S/C13H26N2O/c1-9(2)11(4)13(16)15-8-12(7-14)6-5-10(15)3/h9-12H,5-8,14H2,1-4H3. The van der Waals surface area contributed by atoms with Crippen LogP contribution in [0.4, 0.5) is 0 Å². The van der Waals surface area contributed by atoms with E-state index in [1.54, 1.807) is 0 Å². The van der Waals surface area contributed by atoms with E-state index >= 15 is 0 Å². The predicted octanol–water partition coefficient (Wildman–Crippen LogP) is 1.86. The maximum atomic E-state index is 12.3. The second kappa shape index (κ2) is 5.67. The molecule has 0 aliphatic carbocycles. The molecular formula is C13H26N2O. The Labute approximate surface area is 99.4 Å². The zero-order chi connectivity index (χ0) is 12.3. The average Bonchev–Trinajstić information content (AvgIpc) is 2.27. The Hall–Kier alpha value is -0.570. The van der Waals surface area contributed by atoms with Crippen molar-refractivity contribution in [3.63, 3.8) is 0 Å². The molecule has 1 fully saturated rings. The van der Waals surface area contributed by atoms with Gasteiger partial charge in [-0.15, -0.1) is 0 Å². The lowest BCUT2D eigenvalue weighted by Gasteiger charge is -2.39. The minimum Gasteiger partial charge on any atom is -0.339 e. The average molecular weight is 226 g/mol. The fraction of sp³-hybridized carbons (Fsp3) is 0.923. The van der Waals surface area contributed by atoms with E-state index < -0.39 is 0 Å². The summed E-state index contributed by atoms with van der Waals surface area (Å²) in [6.45, 7) is 9.96. The minimum absolute atomic E-state index is 0.124. The molecule has 1 heterocycles. The van der Waals surface area contributed by atoms with E-state index in [4.69, 9.17) is 5.73 Å². The highest BCUT2D eigenvalue weighted by Gasteiger charge is 2.31. The Morgan fingerprint density at radius 1 is 1.38 bits per heavy atom. The van der Waals surface area contributed by atoms with Crippen LogP contribution in [0.3, 0.4) is 0 Å². The molecule has 0 saturated carbocycles. The van der Waals surface area contributed by atoms with Gasteiger partial charge in [0.25, 0.3) is 0 Å². The number of rotatable bonds is 3. The third kappa shape index (κ3) is 2.97. The molecule has 1 aliphatic rings. The van der Waals surface area contributed by atoms with Crippen LogP contribution >= 0.6 is 0 Å². The predicted molar refractivity (Wildman–Crippen MR) is 67.0 cm³/mol. The van der Waals surface area contributed by atoms with Crippen molar-refractivity contribution in [2.24, 2.45) is 23.5 Å². The number of likely N-dealkylation sites (tertiary alicyclic amines) is 1. The van der Waals surface area contributed by atoms with Crippen molar-refractivity contribution in [2.45, 2.75) is 46.6 Å². The summed E-state index contributed by atoms with van der Waals surface area (Å²) in [5.74, 6) is 1.34. The number of carbonyl (C=O) groups excluding carboxylic acids is 1. The molecule has 0 aromatic heterocycles. The molecule has 1 amide bonds. The van der Waals surface area contributed by atoms with Gasteiger partial charge in [0.2, 0.25) is 5.91 Å². The number of carbonyl (C=O) groups is 1. The van der Waals surface area contributed by atoms with E-state index in [0.717, 1.165) is 19.4 Å². The van der Waals surface area contributed by atoms with Crippen molar-refractivity contribution in [3.8, 4) is 0 Å². The maximum Gasteiger partial charge on any atom is 0.225 e. The Kier molecular flexibility index (Phi) is 4.78. The number of piperidine rings is 1. The van der Waals surface area contributed by atoms with Gasteiger partial charge in [-0.1, -0.05) is 20.8 Å². The first-order valence-corrected chi connectivity index (χ1v) is 6.47. The summed E-state index contributed by atoms with van der Waals surface area (Å²) in [7, 11) is 0. The van der Waals surface area contributed by atoms with E-state index in [2.05, 4.69) is 20.8 Å². The first-order chi connectivity index (χ1) is 7.47. The van der Waals surface area contributed by atoms with Crippen molar-refractivity contribution < 1.29 is 4.79 Å². The summed E-state index contributed by atoms with van der Waals surface area (Å²) in [4.78, 5) is 14.3. The molecule has 0 radical (unpaired) electrons. The molecule has 1 rings (SSSR count). The summed E-state index contributed by atoms with van der Waals surface area (Å²) in [5.41, 5.74) is 5.71. The largest absolute Gasteiger partial charge is 0.339 e. The molecule has 0 spiro atoms. The van der Waals surface area contributed by atoms with Crippen LogP contribution in [0.5, 0.6) is 0 Å². The lowest BCUT2D eigenvalue weighted by molar-refractivity contribution is -0.140. The normalized spacial score (nSPS) is 28.2. The molecule has 0 aromatic carbocycles. The Balaban J connectivity index is 2.65. The molecule has 1 aliphatic heterocycles. The molecule has 3 atom stereocenters. The molecule has 0 aromatic rings. The quantitative estimate of drug-likeness (QED) is 0.798. The molecule has 3 nitrogen and oxygen atoms in total. The van der Waals surface area contributed by atoms with Gasteiger partial charge in [0.1, 0.15) is 0 Å². The highest BCUT2D eigenvalue weighted by atomic mass is 16.2. The Bertz CT molecular complexity index is 240. The summed E-state index contributed by atoms with van der Waals surface area (Å²) < 4.78 is 0. The third-order valence-corrected chi connectivity index (χ3v) is 3.99. The molecule has 94 valence electrons. The van der Waals surface area contributed by atoms with Gasteiger partial charge in [0, 0.05) is 18.5 Å². The van der Waals surface area contributed by atoms with Gasteiger partial charge < -0.3 is 10.6 Å². The Morgan fingerprint density at radius 3 is 2.50 bits per heavy atom. The fourth-order valence-corrected chi connectivity index (χ4v) is 2.23. The second-order valence-electron chi connectivity index (χ2n) is 5.55. The van der Waals surface area contributed by atoms with Crippen molar-refractivity contribution in [1.82, 2.24) is 4.90 Å². The van der Waals surface area contributed by atoms with Gasteiger partial charge in [-0.3, -0.25) is 4.79 Å². The van der Waals surface area contributed by atoms with Gasteiger partial charge >= 0.3 is 0 Å². The molecule has 16 heavy (non-hydrogen) atoms. The van der Waals surface area contributed by atoms with E-state index in [0.29, 0.717) is 30.3 Å². The summed E-state index contributed by atoms with van der Waals surface area (Å²) in [6.07, 6.45) is 2.26. The van der Waals surface area contributed by atoms with Crippen LogP contribution in [0.25, 0.3) is 0 Å². The van der Waals surface area contributed by atoms with Crippen LogP contribution in [0.1, 0.15) is 40.5 Å². The number of nitrogens with two attached hydrogens (primary N) is 1. The second-order valence-corrected chi connectivity index (χ2v) is 5.55. The summed E-state index contributed by atoms with van der Waals surface area (Å²) in [5, 5.41) is 0. The SMILES string of the molecule is CC(C)C(C)C(=O)N1CC(CN)CCC1C. The Morgan fingerprint density at radius 2 is 2.00 bits per heavy atom. The minimum atomic E-state index is 0.124. The lowest BCUT2D eigenvalue weighted by atomic mass is 9.90. The van der Waals surface area contributed by atoms with Crippen LogP contribution in [0.2, 0.25) is 0 Å². The molecule has 2 N–H and O–H groups in total. The molecule has 3 unspecified atom stereocenters. The molecule has 1 saturated heterocycles. The van der Waals surface area contributed by atoms with E-state index in [1.807, 2.05) is 11.8 Å². The third-order valence-electron chi connectivity index (χ3n) is 3.99. The number of nitrogens with zero attached hydrogens (tertiary/aromatic N) is 1. The van der Waals surface area contributed by atoms with Crippen LogP contribution in [-0.4, -0.2) is 29.9 Å². The van der Waals surface area contributed by atoms with Crippen molar-refractivity contribution in [1.29, 1.82) is 0 Å². The number of hydrogen-bond acceptors (Lipinski definition) is 2. The van der Waals surface area contributed by atoms with E-state index in [9.17, 15) is 4.79 Å². The molecular weight excluding hydrogens is 200 g/mol. The van der Waals surface area contributed by atoms with Gasteiger partial charge in [-0.05, 0) is 38.1 Å². The fourth-order valence-electron chi connectivity index (χ4n) is 2.23. The zero-order valence-electron chi connectivity index (χ0n) is 11.1.